The zero-order valence-electron chi connectivity index (χ0n) is 28.3. The van der Waals surface area contributed by atoms with Gasteiger partial charge in [-0.15, -0.1) is 0 Å². The maximum absolute atomic E-state index is 2.42. The summed E-state index contributed by atoms with van der Waals surface area (Å²) < 4.78 is 0. The predicted octanol–water partition coefficient (Wildman–Crippen LogP) is 13.6. The van der Waals surface area contributed by atoms with Crippen molar-refractivity contribution in [3.63, 3.8) is 0 Å². The zero-order chi connectivity index (χ0) is 33.7. The van der Waals surface area contributed by atoms with Gasteiger partial charge in [-0.3, -0.25) is 0 Å². The first-order valence-corrected chi connectivity index (χ1v) is 17.4. The molecule has 0 N–H and O–H groups in total. The van der Waals surface area contributed by atoms with E-state index in [1.165, 1.54) is 66.4 Å². The second-order valence-electron chi connectivity index (χ2n) is 13.8. The van der Waals surface area contributed by atoms with Gasteiger partial charge in [0.25, 0.3) is 0 Å². The minimum Gasteiger partial charge on any atom is -0.310 e. The van der Waals surface area contributed by atoms with Gasteiger partial charge in [0.05, 0.1) is 5.69 Å². The molecule has 1 aliphatic carbocycles. The molecule has 0 spiro atoms. The molecule has 0 unspecified atom stereocenters. The minimum atomic E-state index is -0.0676. The van der Waals surface area contributed by atoms with E-state index >= 15 is 0 Å². The van der Waals surface area contributed by atoms with Crippen LogP contribution in [0, 0.1) is 0 Å². The summed E-state index contributed by atoms with van der Waals surface area (Å²) in [5.41, 5.74) is 16.2. The number of hydrogen-bond acceptors (Lipinski definition) is 1. The van der Waals surface area contributed by atoms with Crippen molar-refractivity contribution in [2.24, 2.45) is 0 Å². The van der Waals surface area contributed by atoms with Gasteiger partial charge >= 0.3 is 0 Å². The third-order valence-electron chi connectivity index (χ3n) is 10.5. The number of hydrogen-bond donors (Lipinski definition) is 0. The van der Waals surface area contributed by atoms with E-state index in [1.54, 1.807) is 0 Å². The SMILES string of the molecule is CC1(C)c2cc(-c3cccc(-c4ccc(N(c5ccccc5)c5ccccc5-c5ccccc5)cc4)c3)ccc2-c2c1ccc1ccccc21. The molecular formula is C49H37N. The molecule has 0 radical (unpaired) electrons. The number of rotatable bonds is 6. The molecule has 0 heterocycles. The second kappa shape index (κ2) is 12.1. The number of anilines is 3. The lowest BCUT2D eigenvalue weighted by molar-refractivity contribution is 0.661. The van der Waals surface area contributed by atoms with E-state index in [4.69, 9.17) is 0 Å². The van der Waals surface area contributed by atoms with E-state index in [9.17, 15) is 0 Å². The largest absolute Gasteiger partial charge is 0.310 e. The highest BCUT2D eigenvalue weighted by Gasteiger charge is 2.36. The van der Waals surface area contributed by atoms with E-state index in [-0.39, 0.29) is 5.41 Å². The molecule has 0 atom stereocenters. The van der Waals surface area contributed by atoms with Crippen LogP contribution in [0.3, 0.4) is 0 Å². The fourth-order valence-electron chi connectivity index (χ4n) is 7.90. The van der Waals surface area contributed by atoms with E-state index in [1.807, 2.05) is 0 Å². The monoisotopic (exact) mass is 639 g/mol. The Kier molecular flexibility index (Phi) is 7.21. The first kappa shape index (κ1) is 29.9. The number of benzene rings is 8. The van der Waals surface area contributed by atoms with E-state index < -0.39 is 0 Å². The number of fused-ring (bicyclic) bond motifs is 5. The topological polar surface area (TPSA) is 3.24 Å². The van der Waals surface area contributed by atoms with Crippen LogP contribution in [0.2, 0.25) is 0 Å². The van der Waals surface area contributed by atoms with Crippen LogP contribution in [-0.4, -0.2) is 0 Å². The molecular weight excluding hydrogens is 603 g/mol. The normalized spacial score (nSPS) is 12.8. The van der Waals surface area contributed by atoms with Crippen LogP contribution >= 0.6 is 0 Å². The Balaban J connectivity index is 1.08. The molecule has 1 nitrogen and oxygen atoms in total. The molecule has 0 bridgehead atoms. The van der Waals surface area contributed by atoms with Crippen LogP contribution in [0.4, 0.5) is 17.1 Å². The minimum absolute atomic E-state index is 0.0676. The number of para-hydroxylation sites is 2. The Labute approximate surface area is 294 Å². The van der Waals surface area contributed by atoms with Crippen molar-refractivity contribution in [3.05, 3.63) is 199 Å². The number of nitrogens with zero attached hydrogens (tertiary/aromatic N) is 1. The van der Waals surface area contributed by atoms with E-state index in [0.717, 1.165) is 17.1 Å². The Morgan fingerprint density at radius 1 is 0.380 bits per heavy atom. The summed E-state index contributed by atoms with van der Waals surface area (Å²) in [5, 5.41) is 2.63. The van der Waals surface area contributed by atoms with Gasteiger partial charge in [-0.25, -0.2) is 0 Å². The third kappa shape index (κ3) is 5.02. The van der Waals surface area contributed by atoms with Crippen molar-refractivity contribution < 1.29 is 0 Å². The van der Waals surface area contributed by atoms with Crippen molar-refractivity contribution in [3.8, 4) is 44.5 Å². The summed E-state index contributed by atoms with van der Waals surface area (Å²) in [6.07, 6.45) is 0. The summed E-state index contributed by atoms with van der Waals surface area (Å²) in [4.78, 5) is 2.36. The first-order valence-electron chi connectivity index (χ1n) is 17.4. The molecule has 0 fully saturated rings. The van der Waals surface area contributed by atoms with Gasteiger partial charge in [-0.1, -0.05) is 159 Å². The lowest BCUT2D eigenvalue weighted by atomic mass is 9.81. The molecule has 8 aromatic carbocycles. The fraction of sp³-hybridized carbons (Fsp3) is 0.0612. The summed E-state index contributed by atoms with van der Waals surface area (Å²) >= 11 is 0. The second-order valence-corrected chi connectivity index (χ2v) is 13.8. The molecule has 9 rings (SSSR count). The summed E-state index contributed by atoms with van der Waals surface area (Å²) in [6, 6.07) is 68.4. The first-order chi connectivity index (χ1) is 24.6. The highest BCUT2D eigenvalue weighted by atomic mass is 15.1. The Morgan fingerprint density at radius 2 is 0.980 bits per heavy atom. The van der Waals surface area contributed by atoms with Gasteiger partial charge < -0.3 is 4.90 Å². The van der Waals surface area contributed by atoms with Crippen LogP contribution < -0.4 is 4.90 Å². The predicted molar refractivity (Wildman–Crippen MR) is 213 cm³/mol. The Morgan fingerprint density at radius 3 is 1.78 bits per heavy atom. The third-order valence-corrected chi connectivity index (χ3v) is 10.5. The highest BCUT2D eigenvalue weighted by Crippen LogP contribution is 2.52. The standard InChI is InChI=1S/C49H37N/c1-49(2)45-31-27-36-16-9-10-22-43(36)48(45)44-30-26-39(33-46(44)49)38-18-13-17-37(32-38)34-24-28-41(29-25-34)50(40-19-7-4-8-20-40)47-23-12-11-21-42(47)35-14-5-3-6-15-35/h3-33H,1-2H3. The lowest BCUT2D eigenvalue weighted by Crippen LogP contribution is -2.15. The van der Waals surface area contributed by atoms with Crippen LogP contribution in [0.1, 0.15) is 25.0 Å². The van der Waals surface area contributed by atoms with Gasteiger partial charge in [0.15, 0.2) is 0 Å². The average Bonchev–Trinajstić information content (AvgIpc) is 3.42. The maximum Gasteiger partial charge on any atom is 0.0540 e. The molecule has 0 aromatic heterocycles. The van der Waals surface area contributed by atoms with Gasteiger partial charge in [-0.05, 0) is 103 Å². The Hall–Kier alpha value is -6.18. The Bertz CT molecular complexity index is 2490. The zero-order valence-corrected chi connectivity index (χ0v) is 28.3. The van der Waals surface area contributed by atoms with Crippen LogP contribution in [0.25, 0.3) is 55.3 Å². The molecule has 0 amide bonds. The smallest absolute Gasteiger partial charge is 0.0540 e. The van der Waals surface area contributed by atoms with Crippen molar-refractivity contribution in [1.29, 1.82) is 0 Å². The van der Waals surface area contributed by atoms with Crippen molar-refractivity contribution in [1.82, 2.24) is 0 Å². The van der Waals surface area contributed by atoms with Crippen molar-refractivity contribution in [2.45, 2.75) is 19.3 Å². The highest BCUT2D eigenvalue weighted by molar-refractivity contribution is 6.03. The molecule has 238 valence electrons. The quantitative estimate of drug-likeness (QED) is 0.175. The van der Waals surface area contributed by atoms with Gasteiger partial charge in [-0.2, -0.15) is 0 Å². The lowest BCUT2D eigenvalue weighted by Gasteiger charge is -2.28. The van der Waals surface area contributed by atoms with Gasteiger partial charge in [0.1, 0.15) is 0 Å². The van der Waals surface area contributed by atoms with Gasteiger partial charge in [0.2, 0.25) is 0 Å². The van der Waals surface area contributed by atoms with Crippen LogP contribution in [0.15, 0.2) is 188 Å². The van der Waals surface area contributed by atoms with Crippen molar-refractivity contribution >= 4 is 27.8 Å². The molecule has 0 aliphatic heterocycles. The molecule has 0 saturated heterocycles. The fourth-order valence-corrected chi connectivity index (χ4v) is 7.90. The summed E-state index contributed by atoms with van der Waals surface area (Å²) in [6.45, 7) is 4.73. The van der Waals surface area contributed by atoms with E-state index in [2.05, 4.69) is 207 Å². The van der Waals surface area contributed by atoms with Crippen LogP contribution in [0.5, 0.6) is 0 Å². The van der Waals surface area contributed by atoms with Crippen LogP contribution in [-0.2, 0) is 5.41 Å². The molecule has 1 heteroatoms. The average molecular weight is 640 g/mol. The molecule has 8 aromatic rings. The van der Waals surface area contributed by atoms with E-state index in [0.29, 0.717) is 0 Å². The molecule has 50 heavy (non-hydrogen) atoms. The van der Waals surface area contributed by atoms with Crippen molar-refractivity contribution in [2.75, 3.05) is 4.90 Å². The maximum atomic E-state index is 2.42. The summed E-state index contributed by atoms with van der Waals surface area (Å²) in [7, 11) is 0. The molecule has 1 aliphatic rings. The van der Waals surface area contributed by atoms with Gasteiger partial charge in [0, 0.05) is 22.4 Å². The molecule has 0 saturated carbocycles. The summed E-state index contributed by atoms with van der Waals surface area (Å²) in [5.74, 6) is 0.